The second-order valence-corrected chi connectivity index (χ2v) is 11.0. The number of aliphatic hydroxyl groups is 2. The fraction of sp³-hybridized carbons (Fsp3) is 0.962. The van der Waals surface area contributed by atoms with E-state index >= 15 is 0 Å². The van der Waals surface area contributed by atoms with E-state index < -0.39 is 6.10 Å². The van der Waals surface area contributed by atoms with Crippen LogP contribution < -0.4 is 5.32 Å². The molecular formula is C26H51NO4. The van der Waals surface area contributed by atoms with Crippen LogP contribution in [0.25, 0.3) is 0 Å². The molecule has 0 aromatic carbocycles. The van der Waals surface area contributed by atoms with E-state index in [1.807, 2.05) is 6.92 Å². The number of rotatable bonds is 8. The zero-order valence-corrected chi connectivity index (χ0v) is 21.3. The SMILES string of the molecule is CC(C)C1CCC(C)(OCC(O)CO)CC1.CCNC(=O)C1CC(C)CCC1C(C)C. The highest BCUT2D eigenvalue weighted by atomic mass is 16.5. The van der Waals surface area contributed by atoms with Crippen molar-refractivity contribution in [3.8, 4) is 0 Å². The number of hydrogen-bond donors (Lipinski definition) is 3. The Morgan fingerprint density at radius 3 is 2.19 bits per heavy atom. The Kier molecular flexibility index (Phi) is 12.6. The van der Waals surface area contributed by atoms with Gasteiger partial charge in [0.1, 0.15) is 6.10 Å². The van der Waals surface area contributed by atoms with Crippen molar-refractivity contribution in [3.05, 3.63) is 0 Å². The van der Waals surface area contributed by atoms with Gasteiger partial charge in [0, 0.05) is 12.5 Å². The van der Waals surface area contributed by atoms with Crippen LogP contribution >= 0.6 is 0 Å². The molecule has 0 aromatic rings. The molecule has 1 amide bonds. The lowest BCUT2D eigenvalue weighted by Gasteiger charge is -2.39. The number of carbonyl (C=O) groups excluding carboxylic acids is 1. The van der Waals surface area contributed by atoms with E-state index in [-0.39, 0.29) is 30.6 Å². The molecule has 0 radical (unpaired) electrons. The highest BCUT2D eigenvalue weighted by Crippen LogP contribution is 2.38. The topological polar surface area (TPSA) is 78.8 Å². The smallest absolute Gasteiger partial charge is 0.223 e. The molecule has 5 nitrogen and oxygen atoms in total. The minimum atomic E-state index is -0.736. The van der Waals surface area contributed by atoms with Crippen molar-refractivity contribution in [1.29, 1.82) is 0 Å². The second kappa shape index (κ2) is 13.8. The van der Waals surface area contributed by atoms with Crippen LogP contribution in [-0.4, -0.2) is 47.6 Å². The lowest BCUT2D eigenvalue weighted by molar-refractivity contribution is -0.129. The van der Waals surface area contributed by atoms with Crippen molar-refractivity contribution in [1.82, 2.24) is 5.32 Å². The summed E-state index contributed by atoms with van der Waals surface area (Å²) in [7, 11) is 0. The Bertz CT molecular complexity index is 500. The van der Waals surface area contributed by atoms with E-state index in [0.717, 1.165) is 37.6 Å². The molecule has 4 atom stereocenters. The fourth-order valence-corrected chi connectivity index (χ4v) is 5.22. The van der Waals surface area contributed by atoms with Crippen molar-refractivity contribution in [2.45, 2.75) is 105 Å². The van der Waals surface area contributed by atoms with Gasteiger partial charge in [-0.2, -0.15) is 0 Å². The van der Waals surface area contributed by atoms with Crippen LogP contribution in [0.4, 0.5) is 0 Å². The molecule has 0 aliphatic heterocycles. The van der Waals surface area contributed by atoms with Gasteiger partial charge >= 0.3 is 0 Å². The first-order chi connectivity index (χ1) is 14.5. The lowest BCUT2D eigenvalue weighted by atomic mass is 9.70. The maximum absolute atomic E-state index is 11.9. The van der Waals surface area contributed by atoms with Crippen molar-refractivity contribution in [3.63, 3.8) is 0 Å². The first-order valence-electron chi connectivity index (χ1n) is 12.7. The Morgan fingerprint density at radius 2 is 1.71 bits per heavy atom. The first-order valence-corrected chi connectivity index (χ1v) is 12.7. The zero-order chi connectivity index (χ0) is 23.6. The van der Waals surface area contributed by atoms with Gasteiger partial charge in [0.2, 0.25) is 5.91 Å². The molecule has 2 fully saturated rings. The summed E-state index contributed by atoms with van der Waals surface area (Å²) in [6, 6.07) is 0. The monoisotopic (exact) mass is 441 g/mol. The zero-order valence-electron chi connectivity index (χ0n) is 21.3. The van der Waals surface area contributed by atoms with Crippen molar-refractivity contribution in [2.75, 3.05) is 19.8 Å². The summed E-state index contributed by atoms with van der Waals surface area (Å²) in [5, 5.41) is 21.0. The van der Waals surface area contributed by atoms with Crippen LogP contribution in [0.2, 0.25) is 0 Å². The molecule has 0 aromatic heterocycles. The summed E-state index contributed by atoms with van der Waals surface area (Å²) in [4.78, 5) is 11.9. The van der Waals surface area contributed by atoms with Crippen LogP contribution in [0.3, 0.4) is 0 Å². The van der Waals surface area contributed by atoms with Gasteiger partial charge in [-0.15, -0.1) is 0 Å². The average molecular weight is 442 g/mol. The summed E-state index contributed by atoms with van der Waals surface area (Å²) in [6.07, 6.45) is 7.41. The normalized spacial score (nSPS) is 32.4. The van der Waals surface area contributed by atoms with E-state index in [9.17, 15) is 9.90 Å². The Balaban J connectivity index is 0.000000311. The van der Waals surface area contributed by atoms with Gasteiger partial charge in [-0.05, 0) is 82.0 Å². The highest BCUT2D eigenvalue weighted by Gasteiger charge is 2.35. The Morgan fingerprint density at radius 1 is 1.10 bits per heavy atom. The molecular weight excluding hydrogens is 390 g/mol. The van der Waals surface area contributed by atoms with Gasteiger partial charge in [0.05, 0.1) is 18.8 Å². The van der Waals surface area contributed by atoms with Gasteiger partial charge in [-0.3, -0.25) is 4.79 Å². The number of hydrogen-bond acceptors (Lipinski definition) is 4. The van der Waals surface area contributed by atoms with E-state index in [1.54, 1.807) is 0 Å². The molecule has 0 saturated heterocycles. The molecule has 2 saturated carbocycles. The van der Waals surface area contributed by atoms with Crippen molar-refractivity contribution < 1.29 is 19.7 Å². The minimum Gasteiger partial charge on any atom is -0.394 e. The molecule has 3 N–H and O–H groups in total. The van der Waals surface area contributed by atoms with E-state index in [2.05, 4.69) is 46.9 Å². The Hall–Kier alpha value is -0.650. The predicted molar refractivity (Wildman–Crippen MR) is 128 cm³/mol. The maximum atomic E-state index is 11.9. The molecule has 184 valence electrons. The molecule has 0 heterocycles. The van der Waals surface area contributed by atoms with E-state index in [4.69, 9.17) is 9.84 Å². The number of carbonyl (C=O) groups is 1. The molecule has 2 rings (SSSR count). The summed E-state index contributed by atoms with van der Waals surface area (Å²) in [5.41, 5.74) is -0.0957. The van der Waals surface area contributed by atoms with Gasteiger partial charge in [0.15, 0.2) is 0 Å². The Labute approximate surface area is 191 Å². The third-order valence-corrected chi connectivity index (χ3v) is 7.58. The third-order valence-electron chi connectivity index (χ3n) is 7.58. The number of aliphatic hydroxyl groups excluding tert-OH is 2. The number of ether oxygens (including phenoxy) is 1. The van der Waals surface area contributed by atoms with Crippen LogP contribution in [0.1, 0.15) is 93.4 Å². The van der Waals surface area contributed by atoms with E-state index in [0.29, 0.717) is 17.8 Å². The van der Waals surface area contributed by atoms with Crippen molar-refractivity contribution >= 4 is 5.91 Å². The maximum Gasteiger partial charge on any atom is 0.223 e. The van der Waals surface area contributed by atoms with Crippen LogP contribution in [-0.2, 0) is 9.53 Å². The minimum absolute atomic E-state index is 0.0957. The molecule has 5 heteroatoms. The fourth-order valence-electron chi connectivity index (χ4n) is 5.22. The summed E-state index contributed by atoms with van der Waals surface area (Å²) >= 11 is 0. The molecule has 4 unspecified atom stereocenters. The summed E-state index contributed by atoms with van der Waals surface area (Å²) < 4.78 is 5.74. The lowest BCUT2D eigenvalue weighted by Crippen LogP contribution is -2.40. The standard InChI is InChI=1S/C13H25NO.C13H26O3/c1-5-14-13(15)12-8-10(4)6-7-11(12)9(2)3;1-10(2)11-4-6-13(3,7-5-11)16-9-12(15)8-14/h9-12H,5-8H2,1-4H3,(H,14,15);10-12,14-15H,4-9H2,1-3H3. The van der Waals surface area contributed by atoms with Gasteiger partial charge in [-0.1, -0.05) is 41.0 Å². The average Bonchev–Trinajstić information content (AvgIpc) is 2.72. The van der Waals surface area contributed by atoms with Gasteiger partial charge < -0.3 is 20.3 Å². The van der Waals surface area contributed by atoms with Gasteiger partial charge in [0.25, 0.3) is 0 Å². The molecule has 0 bridgehead atoms. The van der Waals surface area contributed by atoms with Gasteiger partial charge in [-0.25, -0.2) is 0 Å². The predicted octanol–water partition coefficient (Wildman–Crippen LogP) is 4.79. The molecule has 2 aliphatic carbocycles. The number of nitrogens with one attached hydrogen (secondary N) is 1. The van der Waals surface area contributed by atoms with Crippen molar-refractivity contribution in [2.24, 2.45) is 35.5 Å². The molecule has 0 spiro atoms. The molecule has 2 aliphatic rings. The molecule has 31 heavy (non-hydrogen) atoms. The number of amides is 1. The van der Waals surface area contributed by atoms with E-state index in [1.165, 1.54) is 25.7 Å². The highest BCUT2D eigenvalue weighted by molar-refractivity contribution is 5.79. The summed E-state index contributed by atoms with van der Waals surface area (Å²) in [6.45, 7) is 16.2. The van der Waals surface area contributed by atoms with Crippen LogP contribution in [0.5, 0.6) is 0 Å². The second-order valence-electron chi connectivity index (χ2n) is 11.0. The van der Waals surface area contributed by atoms with Crippen LogP contribution in [0.15, 0.2) is 0 Å². The largest absolute Gasteiger partial charge is 0.394 e. The first kappa shape index (κ1) is 28.4. The third kappa shape index (κ3) is 9.79. The summed E-state index contributed by atoms with van der Waals surface area (Å²) in [5.74, 6) is 4.05. The quantitative estimate of drug-likeness (QED) is 0.506. The van der Waals surface area contributed by atoms with Crippen LogP contribution in [0, 0.1) is 35.5 Å².